The van der Waals surface area contributed by atoms with Gasteiger partial charge in [-0.1, -0.05) is 12.1 Å². The Kier molecular flexibility index (Phi) is 5.48. The largest absolute Gasteiger partial charge is 0.482 e. The molecule has 2 heterocycles. The summed E-state index contributed by atoms with van der Waals surface area (Å²) in [7, 11) is 0. The number of nitrogens with zero attached hydrogens (tertiary/aromatic N) is 2. The van der Waals surface area contributed by atoms with Gasteiger partial charge in [-0.15, -0.1) is 11.3 Å². The summed E-state index contributed by atoms with van der Waals surface area (Å²) in [5.41, 5.74) is 1.22. The summed E-state index contributed by atoms with van der Waals surface area (Å²) in [5.74, 6) is 0.169. The summed E-state index contributed by atoms with van der Waals surface area (Å²) in [4.78, 5) is 18.8. The van der Waals surface area contributed by atoms with Gasteiger partial charge in [-0.3, -0.25) is 4.90 Å². The minimum atomic E-state index is -0.962. The van der Waals surface area contributed by atoms with E-state index in [2.05, 4.69) is 16.8 Å². The number of likely N-dealkylation sites (tertiary alicyclic amines) is 1. The van der Waals surface area contributed by atoms with Gasteiger partial charge in [0.15, 0.2) is 6.61 Å². The van der Waals surface area contributed by atoms with Gasteiger partial charge in [-0.05, 0) is 44.0 Å². The van der Waals surface area contributed by atoms with Crippen molar-refractivity contribution in [3.63, 3.8) is 0 Å². The number of thiazole rings is 1. The number of carboxylic acids is 1. The Bertz CT molecular complexity index is 684. The molecule has 0 radical (unpaired) electrons. The average molecular weight is 346 g/mol. The van der Waals surface area contributed by atoms with Crippen molar-refractivity contribution in [3.8, 4) is 5.75 Å². The van der Waals surface area contributed by atoms with E-state index in [1.807, 2.05) is 41.8 Å². The van der Waals surface area contributed by atoms with Crippen LogP contribution in [-0.4, -0.2) is 40.7 Å². The Balaban J connectivity index is 1.56. The van der Waals surface area contributed by atoms with Crippen molar-refractivity contribution >= 4 is 17.3 Å². The number of aryl methyl sites for hydroxylation is 1. The van der Waals surface area contributed by atoms with Crippen LogP contribution in [0.4, 0.5) is 0 Å². The van der Waals surface area contributed by atoms with Crippen LogP contribution in [-0.2, 0) is 11.3 Å². The summed E-state index contributed by atoms with van der Waals surface area (Å²) < 4.78 is 5.17. The Morgan fingerprint density at radius 2 is 2.21 bits per heavy atom. The van der Waals surface area contributed by atoms with E-state index >= 15 is 0 Å². The van der Waals surface area contributed by atoms with Crippen LogP contribution in [0.3, 0.4) is 0 Å². The van der Waals surface area contributed by atoms with Gasteiger partial charge in [-0.25, -0.2) is 9.78 Å². The van der Waals surface area contributed by atoms with E-state index in [0.717, 1.165) is 19.6 Å². The molecule has 1 aliphatic rings. The van der Waals surface area contributed by atoms with Gasteiger partial charge < -0.3 is 9.84 Å². The van der Waals surface area contributed by atoms with Crippen LogP contribution < -0.4 is 4.74 Å². The zero-order valence-electron chi connectivity index (χ0n) is 13.8. The molecule has 128 valence electrons. The van der Waals surface area contributed by atoms with Crippen molar-refractivity contribution < 1.29 is 14.6 Å². The molecule has 1 atom stereocenters. The maximum absolute atomic E-state index is 10.5. The van der Waals surface area contributed by atoms with E-state index in [1.54, 1.807) is 0 Å². The lowest BCUT2D eigenvalue weighted by atomic mass is 9.98. The van der Waals surface area contributed by atoms with Gasteiger partial charge in [0.1, 0.15) is 5.75 Å². The highest BCUT2D eigenvalue weighted by molar-refractivity contribution is 7.11. The molecule has 6 heteroatoms. The number of ether oxygens (including phenoxy) is 1. The van der Waals surface area contributed by atoms with Crippen LogP contribution in [0.2, 0.25) is 0 Å². The number of aliphatic carboxylic acids is 1. The SMILES string of the molecule is Cc1cnc(C2CCCN(Cc3ccc(OCC(=O)O)cc3)C2)s1. The van der Waals surface area contributed by atoms with Crippen LogP contribution >= 0.6 is 11.3 Å². The molecule has 2 aromatic rings. The maximum Gasteiger partial charge on any atom is 0.341 e. The first-order chi connectivity index (χ1) is 11.6. The summed E-state index contributed by atoms with van der Waals surface area (Å²) in [6.07, 6.45) is 4.38. The van der Waals surface area contributed by atoms with Gasteiger partial charge in [0, 0.05) is 30.1 Å². The molecule has 1 aromatic heterocycles. The van der Waals surface area contributed by atoms with E-state index in [1.165, 1.54) is 28.3 Å². The normalized spacial score (nSPS) is 18.5. The Morgan fingerprint density at radius 1 is 1.42 bits per heavy atom. The molecule has 0 amide bonds. The van der Waals surface area contributed by atoms with Crippen molar-refractivity contribution in [2.75, 3.05) is 19.7 Å². The molecule has 0 aliphatic carbocycles. The Morgan fingerprint density at radius 3 is 2.88 bits per heavy atom. The number of benzene rings is 1. The zero-order chi connectivity index (χ0) is 16.9. The molecule has 0 bridgehead atoms. The van der Waals surface area contributed by atoms with E-state index in [-0.39, 0.29) is 6.61 Å². The average Bonchev–Trinajstić information content (AvgIpc) is 3.01. The highest BCUT2D eigenvalue weighted by Crippen LogP contribution is 2.30. The van der Waals surface area contributed by atoms with Crippen LogP contribution in [0, 0.1) is 6.92 Å². The molecule has 1 N–H and O–H groups in total. The lowest BCUT2D eigenvalue weighted by Crippen LogP contribution is -2.33. The Labute approximate surface area is 145 Å². The first-order valence-electron chi connectivity index (χ1n) is 8.18. The van der Waals surface area contributed by atoms with E-state index in [9.17, 15) is 4.79 Å². The molecule has 1 fully saturated rings. The quantitative estimate of drug-likeness (QED) is 0.869. The van der Waals surface area contributed by atoms with E-state index in [4.69, 9.17) is 9.84 Å². The second kappa shape index (κ2) is 7.77. The second-order valence-electron chi connectivity index (χ2n) is 6.21. The molecule has 24 heavy (non-hydrogen) atoms. The molecule has 5 nitrogen and oxygen atoms in total. The van der Waals surface area contributed by atoms with Crippen molar-refractivity contribution in [1.82, 2.24) is 9.88 Å². The molecule has 0 spiro atoms. The first-order valence-corrected chi connectivity index (χ1v) is 9.00. The van der Waals surface area contributed by atoms with E-state index < -0.39 is 5.97 Å². The lowest BCUT2D eigenvalue weighted by molar-refractivity contribution is -0.139. The predicted molar refractivity (Wildman–Crippen MR) is 93.7 cm³/mol. The summed E-state index contributed by atoms with van der Waals surface area (Å²) in [6.45, 7) is 4.86. The predicted octanol–water partition coefficient (Wildman–Crippen LogP) is 3.29. The molecule has 1 aromatic carbocycles. The minimum Gasteiger partial charge on any atom is -0.482 e. The highest BCUT2D eigenvalue weighted by atomic mass is 32.1. The topological polar surface area (TPSA) is 62.7 Å². The summed E-state index contributed by atoms with van der Waals surface area (Å²) in [5, 5.41) is 9.89. The summed E-state index contributed by atoms with van der Waals surface area (Å²) >= 11 is 1.81. The zero-order valence-corrected chi connectivity index (χ0v) is 14.6. The molecular weight excluding hydrogens is 324 g/mol. The monoisotopic (exact) mass is 346 g/mol. The van der Waals surface area contributed by atoms with Crippen molar-refractivity contribution in [1.29, 1.82) is 0 Å². The number of carboxylic acid groups (broad SMARTS) is 1. The van der Waals surface area contributed by atoms with Crippen LogP contribution in [0.5, 0.6) is 5.75 Å². The fourth-order valence-corrected chi connectivity index (χ4v) is 3.96. The molecule has 1 unspecified atom stereocenters. The number of piperidine rings is 1. The highest BCUT2D eigenvalue weighted by Gasteiger charge is 2.23. The maximum atomic E-state index is 10.5. The number of hydrogen-bond acceptors (Lipinski definition) is 5. The molecule has 1 aliphatic heterocycles. The minimum absolute atomic E-state index is 0.305. The number of rotatable bonds is 6. The van der Waals surface area contributed by atoms with Crippen LogP contribution in [0.15, 0.2) is 30.5 Å². The third kappa shape index (κ3) is 4.55. The van der Waals surface area contributed by atoms with Gasteiger partial charge in [-0.2, -0.15) is 0 Å². The molecule has 3 rings (SSSR count). The fraction of sp³-hybridized carbons (Fsp3) is 0.444. The van der Waals surface area contributed by atoms with Crippen molar-refractivity contribution in [2.45, 2.75) is 32.2 Å². The van der Waals surface area contributed by atoms with E-state index in [0.29, 0.717) is 11.7 Å². The first kappa shape index (κ1) is 16.9. The molecular formula is C18H22N2O3S. The fourth-order valence-electron chi connectivity index (χ4n) is 3.06. The second-order valence-corrected chi connectivity index (χ2v) is 7.48. The van der Waals surface area contributed by atoms with Gasteiger partial charge >= 0.3 is 5.97 Å². The third-order valence-corrected chi connectivity index (χ3v) is 5.26. The molecule has 1 saturated heterocycles. The number of hydrogen-bond donors (Lipinski definition) is 1. The van der Waals surface area contributed by atoms with Crippen molar-refractivity contribution in [2.24, 2.45) is 0 Å². The van der Waals surface area contributed by atoms with Gasteiger partial charge in [0.05, 0.1) is 5.01 Å². The van der Waals surface area contributed by atoms with Crippen LogP contribution in [0.1, 0.15) is 34.2 Å². The standard InChI is InChI=1S/C18H22N2O3S/c1-13-9-19-18(24-13)15-3-2-8-20(11-15)10-14-4-6-16(7-5-14)23-12-17(21)22/h4-7,9,15H,2-3,8,10-12H2,1H3,(H,21,22). The molecule has 0 saturated carbocycles. The number of carbonyl (C=O) groups is 1. The van der Waals surface area contributed by atoms with Gasteiger partial charge in [0.25, 0.3) is 0 Å². The van der Waals surface area contributed by atoms with Crippen molar-refractivity contribution in [3.05, 3.63) is 45.9 Å². The van der Waals surface area contributed by atoms with Crippen LogP contribution in [0.25, 0.3) is 0 Å². The number of aromatic nitrogens is 1. The third-order valence-electron chi connectivity index (χ3n) is 4.19. The van der Waals surface area contributed by atoms with Gasteiger partial charge in [0.2, 0.25) is 0 Å². The Hall–Kier alpha value is -1.92. The lowest BCUT2D eigenvalue weighted by Gasteiger charge is -2.31. The smallest absolute Gasteiger partial charge is 0.341 e. The summed E-state index contributed by atoms with van der Waals surface area (Å²) in [6, 6.07) is 7.69.